The lowest BCUT2D eigenvalue weighted by atomic mass is 10.1. The average Bonchev–Trinajstić information content (AvgIpc) is 2.78. The minimum Gasteiger partial charge on any atom is -0.459 e. The van der Waals surface area contributed by atoms with Gasteiger partial charge in [-0.3, -0.25) is 0 Å². The molecule has 0 aromatic heterocycles. The summed E-state index contributed by atoms with van der Waals surface area (Å²) in [7, 11) is 1.49. The molecule has 2 saturated heterocycles. The van der Waals surface area contributed by atoms with Crippen molar-refractivity contribution in [1.29, 1.82) is 0 Å². The fraction of sp³-hybridized carbons (Fsp3) is 0.750. The van der Waals surface area contributed by atoms with Crippen LogP contribution in [0.4, 0.5) is 0 Å². The molecule has 0 bridgehead atoms. The number of carbonyl (C=O) groups is 1. The highest BCUT2D eigenvalue weighted by atomic mass is 16.8. The molecule has 0 amide bonds. The van der Waals surface area contributed by atoms with Crippen LogP contribution in [0.3, 0.4) is 0 Å². The van der Waals surface area contributed by atoms with Crippen LogP contribution in [0, 0.1) is 0 Å². The van der Waals surface area contributed by atoms with Gasteiger partial charge in [0.05, 0.1) is 0 Å². The van der Waals surface area contributed by atoms with Gasteiger partial charge in [-0.2, -0.15) is 0 Å². The smallest absolute Gasteiger partial charge is 0.338 e. The van der Waals surface area contributed by atoms with E-state index in [1.54, 1.807) is 13.8 Å². The number of esters is 1. The van der Waals surface area contributed by atoms with Gasteiger partial charge in [0.1, 0.15) is 18.8 Å². The molecular weight excluding hydrogens is 240 g/mol. The molecule has 2 aliphatic heterocycles. The van der Waals surface area contributed by atoms with E-state index in [0.29, 0.717) is 0 Å². The van der Waals surface area contributed by atoms with Crippen LogP contribution in [0.2, 0.25) is 0 Å². The van der Waals surface area contributed by atoms with E-state index in [1.165, 1.54) is 13.2 Å². The molecule has 0 radical (unpaired) electrons. The van der Waals surface area contributed by atoms with Crippen LogP contribution in [0.1, 0.15) is 13.8 Å². The Kier molecular flexibility index (Phi) is 3.72. The first-order valence-electron chi connectivity index (χ1n) is 5.80. The molecule has 2 aliphatic rings. The lowest BCUT2D eigenvalue weighted by Gasteiger charge is -2.22. The normalized spacial score (nSPS) is 37.3. The molecule has 6 heteroatoms. The Morgan fingerprint density at radius 3 is 2.67 bits per heavy atom. The van der Waals surface area contributed by atoms with E-state index in [9.17, 15) is 4.79 Å². The Morgan fingerprint density at radius 1 is 1.39 bits per heavy atom. The van der Waals surface area contributed by atoms with Crippen molar-refractivity contribution in [2.45, 2.75) is 44.2 Å². The molecule has 0 spiro atoms. The van der Waals surface area contributed by atoms with Gasteiger partial charge in [-0.15, -0.1) is 0 Å². The Morgan fingerprint density at radius 2 is 2.06 bits per heavy atom. The summed E-state index contributed by atoms with van der Waals surface area (Å²) in [5.74, 6) is -1.25. The minimum atomic E-state index is -0.832. The third-order valence-corrected chi connectivity index (χ3v) is 2.82. The number of hydrogen-bond donors (Lipinski definition) is 0. The molecule has 0 aliphatic carbocycles. The van der Waals surface area contributed by atoms with E-state index >= 15 is 0 Å². The summed E-state index contributed by atoms with van der Waals surface area (Å²) in [6, 6.07) is 0. The molecule has 0 N–H and O–H groups in total. The zero-order valence-electron chi connectivity index (χ0n) is 10.8. The van der Waals surface area contributed by atoms with Gasteiger partial charge in [-0.05, 0) is 13.8 Å². The largest absolute Gasteiger partial charge is 0.459 e. The number of methoxy groups -OCH3 is 1. The number of fused-ring (bicyclic) bond motifs is 1. The Labute approximate surface area is 106 Å². The molecule has 0 aromatic carbocycles. The van der Waals surface area contributed by atoms with Gasteiger partial charge < -0.3 is 23.7 Å². The van der Waals surface area contributed by atoms with Gasteiger partial charge in [-0.25, -0.2) is 4.79 Å². The first kappa shape index (κ1) is 13.5. The van der Waals surface area contributed by atoms with Gasteiger partial charge in [0.25, 0.3) is 0 Å². The van der Waals surface area contributed by atoms with Crippen LogP contribution in [0.15, 0.2) is 12.7 Å². The molecule has 6 nitrogen and oxygen atoms in total. The fourth-order valence-electron chi connectivity index (χ4n) is 2.16. The molecule has 0 unspecified atom stereocenters. The quantitative estimate of drug-likeness (QED) is 0.544. The molecule has 0 aromatic rings. The third-order valence-electron chi connectivity index (χ3n) is 2.82. The molecule has 2 rings (SSSR count). The van der Waals surface area contributed by atoms with Crippen molar-refractivity contribution in [3.63, 3.8) is 0 Å². The number of carbonyl (C=O) groups excluding carboxylic acids is 1. The number of rotatable bonds is 4. The summed E-state index contributed by atoms with van der Waals surface area (Å²) in [4.78, 5) is 11.8. The average molecular weight is 258 g/mol. The summed E-state index contributed by atoms with van der Waals surface area (Å²) in [5, 5.41) is 0. The van der Waals surface area contributed by atoms with Crippen molar-refractivity contribution < 1.29 is 28.5 Å². The van der Waals surface area contributed by atoms with E-state index in [4.69, 9.17) is 23.7 Å². The molecule has 102 valence electrons. The maximum absolute atomic E-state index is 11.8. The standard InChI is InChI=1S/C12H18O6/c1-5-6-15-10(13)8-7-9(11(14-4)16-8)18-12(2,3)17-7/h5,7-9,11H,1,6H2,2-4H3/t7-,8-,9-,11-/m0/s1. The van der Waals surface area contributed by atoms with Crippen LogP contribution in [-0.2, 0) is 28.5 Å². The van der Waals surface area contributed by atoms with Crippen LogP contribution in [-0.4, -0.2) is 50.1 Å². The van der Waals surface area contributed by atoms with Crippen molar-refractivity contribution in [1.82, 2.24) is 0 Å². The first-order chi connectivity index (χ1) is 8.48. The summed E-state index contributed by atoms with van der Waals surface area (Å²) < 4.78 is 26.9. The van der Waals surface area contributed by atoms with Gasteiger partial charge in [0, 0.05) is 7.11 Å². The Bertz CT molecular complexity index is 339. The predicted octanol–water partition coefficient (Wildman–Crippen LogP) is 0.607. The second-order valence-electron chi connectivity index (χ2n) is 4.64. The summed E-state index contributed by atoms with van der Waals surface area (Å²) in [5.41, 5.74) is 0. The number of hydrogen-bond acceptors (Lipinski definition) is 6. The Hall–Kier alpha value is -0.950. The SMILES string of the molecule is C=CCOC(=O)[C@H]1O[C@H](OC)[C@H]2OC(C)(C)O[C@H]21. The zero-order chi connectivity index (χ0) is 13.3. The monoisotopic (exact) mass is 258 g/mol. The highest BCUT2D eigenvalue weighted by molar-refractivity contribution is 5.76. The van der Waals surface area contributed by atoms with Crippen LogP contribution < -0.4 is 0 Å². The van der Waals surface area contributed by atoms with Gasteiger partial charge >= 0.3 is 5.97 Å². The molecule has 4 atom stereocenters. The Balaban J connectivity index is 2.08. The molecule has 0 saturated carbocycles. The van der Waals surface area contributed by atoms with E-state index in [1.807, 2.05) is 0 Å². The highest BCUT2D eigenvalue weighted by Gasteiger charge is 2.58. The van der Waals surface area contributed by atoms with Crippen molar-refractivity contribution in [2.24, 2.45) is 0 Å². The lowest BCUT2D eigenvalue weighted by molar-refractivity contribution is -0.230. The molecule has 2 fully saturated rings. The van der Waals surface area contributed by atoms with E-state index in [2.05, 4.69) is 6.58 Å². The van der Waals surface area contributed by atoms with Crippen LogP contribution >= 0.6 is 0 Å². The van der Waals surface area contributed by atoms with Crippen LogP contribution in [0.5, 0.6) is 0 Å². The summed E-state index contributed by atoms with van der Waals surface area (Å²) >= 11 is 0. The fourth-order valence-corrected chi connectivity index (χ4v) is 2.16. The van der Waals surface area contributed by atoms with Crippen molar-refractivity contribution in [2.75, 3.05) is 13.7 Å². The summed E-state index contributed by atoms with van der Waals surface area (Å²) in [6.45, 7) is 7.18. The predicted molar refractivity (Wildman–Crippen MR) is 60.7 cm³/mol. The second-order valence-corrected chi connectivity index (χ2v) is 4.64. The zero-order valence-corrected chi connectivity index (χ0v) is 10.8. The van der Waals surface area contributed by atoms with E-state index < -0.39 is 36.4 Å². The first-order valence-corrected chi connectivity index (χ1v) is 5.80. The lowest BCUT2D eigenvalue weighted by Crippen LogP contribution is -2.36. The van der Waals surface area contributed by atoms with E-state index in [-0.39, 0.29) is 6.61 Å². The van der Waals surface area contributed by atoms with Crippen molar-refractivity contribution in [3.8, 4) is 0 Å². The maximum atomic E-state index is 11.8. The molecule has 18 heavy (non-hydrogen) atoms. The molecule has 2 heterocycles. The summed E-state index contributed by atoms with van der Waals surface area (Å²) in [6.07, 6.45) is -0.901. The number of ether oxygens (including phenoxy) is 5. The van der Waals surface area contributed by atoms with Gasteiger partial charge in [-0.1, -0.05) is 12.7 Å². The topological polar surface area (TPSA) is 63.2 Å². The maximum Gasteiger partial charge on any atom is 0.338 e. The minimum absolute atomic E-state index is 0.137. The van der Waals surface area contributed by atoms with Gasteiger partial charge in [0.2, 0.25) is 0 Å². The van der Waals surface area contributed by atoms with Crippen molar-refractivity contribution >= 4 is 5.97 Å². The molecular formula is C12H18O6. The van der Waals surface area contributed by atoms with Gasteiger partial charge in [0.15, 0.2) is 18.2 Å². The van der Waals surface area contributed by atoms with Crippen LogP contribution in [0.25, 0.3) is 0 Å². The van der Waals surface area contributed by atoms with Crippen molar-refractivity contribution in [3.05, 3.63) is 12.7 Å². The third kappa shape index (κ3) is 2.42. The van der Waals surface area contributed by atoms with E-state index in [0.717, 1.165) is 0 Å². The highest BCUT2D eigenvalue weighted by Crippen LogP contribution is 2.39. The second kappa shape index (κ2) is 4.97.